The van der Waals surface area contributed by atoms with E-state index >= 15 is 0 Å². The topological polar surface area (TPSA) is 65.0 Å². The van der Waals surface area contributed by atoms with Crippen molar-refractivity contribution in [3.05, 3.63) is 41.0 Å². The molecule has 1 N–H and O–H groups in total. The average Bonchev–Trinajstić information content (AvgIpc) is 2.64. The molecule has 0 fully saturated rings. The SMILES string of the molecule is Cc1ccc(C)c(N2N=C(C(=O)N[C@@H](C)C3=CCN(C)CC3)CCC2=O)c1. The number of likely N-dealkylation sites (N-methyl/N-ethyl adjacent to an activating group) is 1. The van der Waals surface area contributed by atoms with Gasteiger partial charge in [-0.1, -0.05) is 18.2 Å². The molecule has 1 atom stereocenters. The van der Waals surface area contributed by atoms with Crippen molar-refractivity contribution in [1.29, 1.82) is 0 Å². The van der Waals surface area contributed by atoms with Gasteiger partial charge >= 0.3 is 0 Å². The van der Waals surface area contributed by atoms with Crippen LogP contribution in [-0.4, -0.2) is 48.6 Å². The number of hydrazone groups is 1. The highest BCUT2D eigenvalue weighted by molar-refractivity contribution is 6.40. The highest BCUT2D eigenvalue weighted by Gasteiger charge is 2.27. The summed E-state index contributed by atoms with van der Waals surface area (Å²) < 4.78 is 0. The Morgan fingerprint density at radius 2 is 2.00 bits per heavy atom. The molecule has 0 bridgehead atoms. The second-order valence-electron chi connectivity index (χ2n) is 7.53. The second-order valence-corrected chi connectivity index (χ2v) is 7.53. The molecule has 6 heteroatoms. The lowest BCUT2D eigenvalue weighted by atomic mass is 10.0. The fraction of sp³-hybridized carbons (Fsp3) is 0.476. The Kier molecular flexibility index (Phi) is 5.75. The molecule has 2 aliphatic heterocycles. The predicted molar refractivity (Wildman–Crippen MR) is 108 cm³/mol. The van der Waals surface area contributed by atoms with E-state index in [1.165, 1.54) is 10.6 Å². The third kappa shape index (κ3) is 4.45. The number of aryl methyl sites for hydroxylation is 2. The van der Waals surface area contributed by atoms with Crippen LogP contribution in [0.4, 0.5) is 5.69 Å². The summed E-state index contributed by atoms with van der Waals surface area (Å²) >= 11 is 0. The molecule has 3 rings (SSSR count). The van der Waals surface area contributed by atoms with Gasteiger partial charge in [-0.25, -0.2) is 5.01 Å². The number of carbonyl (C=O) groups is 2. The first kappa shape index (κ1) is 19.3. The summed E-state index contributed by atoms with van der Waals surface area (Å²) in [4.78, 5) is 27.4. The molecule has 6 nitrogen and oxygen atoms in total. The smallest absolute Gasteiger partial charge is 0.267 e. The lowest BCUT2D eigenvalue weighted by molar-refractivity contribution is -0.119. The van der Waals surface area contributed by atoms with Crippen LogP contribution < -0.4 is 10.3 Å². The molecule has 27 heavy (non-hydrogen) atoms. The van der Waals surface area contributed by atoms with Crippen molar-refractivity contribution in [2.75, 3.05) is 25.1 Å². The Morgan fingerprint density at radius 1 is 1.22 bits per heavy atom. The van der Waals surface area contributed by atoms with Gasteiger partial charge in [0.15, 0.2) is 0 Å². The van der Waals surface area contributed by atoms with Crippen molar-refractivity contribution in [1.82, 2.24) is 10.2 Å². The van der Waals surface area contributed by atoms with E-state index in [1.807, 2.05) is 39.0 Å². The number of amides is 2. The number of nitrogens with one attached hydrogen (secondary N) is 1. The summed E-state index contributed by atoms with van der Waals surface area (Å²) in [7, 11) is 2.09. The summed E-state index contributed by atoms with van der Waals surface area (Å²) in [5.74, 6) is -0.267. The van der Waals surface area contributed by atoms with Crippen LogP contribution in [0.5, 0.6) is 0 Å². The summed E-state index contributed by atoms with van der Waals surface area (Å²) in [6.45, 7) is 7.84. The van der Waals surface area contributed by atoms with Gasteiger partial charge in [0.2, 0.25) is 5.91 Å². The van der Waals surface area contributed by atoms with Crippen LogP contribution in [0.1, 0.15) is 37.3 Å². The van der Waals surface area contributed by atoms with Gasteiger partial charge in [0.05, 0.1) is 5.69 Å². The third-order valence-electron chi connectivity index (χ3n) is 5.24. The van der Waals surface area contributed by atoms with E-state index in [4.69, 9.17) is 0 Å². The maximum Gasteiger partial charge on any atom is 0.267 e. The monoisotopic (exact) mass is 368 g/mol. The minimum atomic E-state index is -0.190. The van der Waals surface area contributed by atoms with Gasteiger partial charge < -0.3 is 10.2 Å². The molecule has 0 spiro atoms. The van der Waals surface area contributed by atoms with Crippen molar-refractivity contribution in [2.24, 2.45) is 5.10 Å². The van der Waals surface area contributed by atoms with E-state index in [-0.39, 0.29) is 17.9 Å². The number of hydrogen-bond acceptors (Lipinski definition) is 4. The molecule has 2 amide bonds. The van der Waals surface area contributed by atoms with Crippen molar-refractivity contribution in [3.63, 3.8) is 0 Å². The Balaban J connectivity index is 1.76. The highest BCUT2D eigenvalue weighted by atomic mass is 16.2. The Morgan fingerprint density at radius 3 is 2.70 bits per heavy atom. The van der Waals surface area contributed by atoms with E-state index in [0.29, 0.717) is 18.6 Å². The number of anilines is 1. The van der Waals surface area contributed by atoms with Crippen molar-refractivity contribution >= 4 is 23.2 Å². The minimum Gasteiger partial charge on any atom is -0.345 e. The Bertz CT molecular complexity index is 812. The molecule has 2 aliphatic rings. The zero-order chi connectivity index (χ0) is 19.6. The lowest BCUT2D eigenvalue weighted by Crippen LogP contribution is -2.43. The highest BCUT2D eigenvalue weighted by Crippen LogP contribution is 2.25. The second kappa shape index (κ2) is 8.05. The number of benzene rings is 1. The van der Waals surface area contributed by atoms with Gasteiger partial charge in [-0.2, -0.15) is 5.10 Å². The molecule has 0 radical (unpaired) electrons. The van der Waals surface area contributed by atoms with Crippen LogP contribution in [0.25, 0.3) is 0 Å². The van der Waals surface area contributed by atoms with Crippen molar-refractivity contribution < 1.29 is 9.59 Å². The quantitative estimate of drug-likeness (QED) is 0.831. The van der Waals surface area contributed by atoms with E-state index in [1.54, 1.807) is 0 Å². The van der Waals surface area contributed by atoms with Crippen LogP contribution in [-0.2, 0) is 9.59 Å². The molecule has 2 heterocycles. The largest absolute Gasteiger partial charge is 0.345 e. The molecule has 1 aromatic carbocycles. The van der Waals surface area contributed by atoms with E-state index < -0.39 is 0 Å². The average molecular weight is 368 g/mol. The van der Waals surface area contributed by atoms with Crippen LogP contribution in [0.15, 0.2) is 34.9 Å². The number of rotatable bonds is 4. The molecule has 0 saturated heterocycles. The zero-order valence-electron chi connectivity index (χ0n) is 16.6. The molecular weight excluding hydrogens is 340 g/mol. The molecule has 0 unspecified atom stereocenters. The molecule has 0 aliphatic carbocycles. The number of carbonyl (C=O) groups excluding carboxylic acids is 2. The van der Waals surface area contributed by atoms with Gasteiger partial charge in [-0.15, -0.1) is 0 Å². The van der Waals surface area contributed by atoms with Gasteiger partial charge in [0, 0.05) is 32.0 Å². The molecular formula is C21H28N4O2. The molecule has 0 saturated carbocycles. The fourth-order valence-electron chi connectivity index (χ4n) is 3.40. The first-order chi connectivity index (χ1) is 12.8. The lowest BCUT2D eigenvalue weighted by Gasteiger charge is -2.27. The van der Waals surface area contributed by atoms with Gasteiger partial charge in [-0.05, 0) is 57.0 Å². The van der Waals surface area contributed by atoms with Gasteiger partial charge in [-0.3, -0.25) is 9.59 Å². The maximum atomic E-state index is 12.7. The Labute approximate surface area is 160 Å². The van der Waals surface area contributed by atoms with Crippen molar-refractivity contribution in [2.45, 2.75) is 46.1 Å². The summed E-state index contributed by atoms with van der Waals surface area (Å²) in [5, 5.41) is 8.85. The molecule has 1 aromatic rings. The van der Waals surface area contributed by atoms with E-state index in [9.17, 15) is 9.59 Å². The van der Waals surface area contributed by atoms with Gasteiger partial charge in [0.1, 0.15) is 5.71 Å². The number of nitrogens with zero attached hydrogens (tertiary/aromatic N) is 3. The summed E-state index contributed by atoms with van der Waals surface area (Å²) in [6, 6.07) is 5.88. The maximum absolute atomic E-state index is 12.7. The van der Waals surface area contributed by atoms with E-state index in [2.05, 4.69) is 28.4 Å². The standard InChI is InChI=1S/C21H28N4O2/c1-14-5-6-15(2)19(13-14)25-20(26)8-7-18(23-25)21(27)22-16(3)17-9-11-24(4)12-10-17/h5-6,9,13,16H,7-8,10-12H2,1-4H3,(H,22,27)/t16-/m0/s1. The first-order valence-corrected chi connectivity index (χ1v) is 9.51. The summed E-state index contributed by atoms with van der Waals surface area (Å²) in [6.07, 6.45) is 3.81. The van der Waals surface area contributed by atoms with E-state index in [0.717, 1.165) is 36.3 Å². The van der Waals surface area contributed by atoms with Crippen LogP contribution in [0, 0.1) is 13.8 Å². The van der Waals surface area contributed by atoms with Crippen molar-refractivity contribution in [3.8, 4) is 0 Å². The Hall–Kier alpha value is -2.47. The zero-order valence-corrected chi connectivity index (χ0v) is 16.6. The van der Waals surface area contributed by atoms with Gasteiger partial charge in [0.25, 0.3) is 5.91 Å². The first-order valence-electron chi connectivity index (χ1n) is 9.51. The molecule has 144 valence electrons. The minimum absolute atomic E-state index is 0.0271. The van der Waals surface area contributed by atoms with Crippen LogP contribution >= 0.6 is 0 Å². The predicted octanol–water partition coefficient (Wildman–Crippen LogP) is 2.55. The fourth-order valence-corrected chi connectivity index (χ4v) is 3.40. The summed E-state index contributed by atoms with van der Waals surface area (Å²) in [5.41, 5.74) is 4.43. The third-order valence-corrected chi connectivity index (χ3v) is 5.24. The van der Waals surface area contributed by atoms with Crippen LogP contribution in [0.3, 0.4) is 0 Å². The number of hydrogen-bond donors (Lipinski definition) is 1. The molecule has 0 aromatic heterocycles. The normalized spacial score (nSPS) is 19.4. The van der Waals surface area contributed by atoms with Crippen LogP contribution in [0.2, 0.25) is 0 Å².